The fourth-order valence-corrected chi connectivity index (χ4v) is 2.82. The second kappa shape index (κ2) is 3.64. The van der Waals surface area contributed by atoms with Gasteiger partial charge in [0, 0.05) is 6.61 Å². The van der Waals surface area contributed by atoms with Gasteiger partial charge in [-0.05, 0) is 35.8 Å². The molecule has 4 atom stereocenters. The van der Waals surface area contributed by atoms with Crippen molar-refractivity contribution in [2.45, 2.75) is 27.2 Å². The van der Waals surface area contributed by atoms with Gasteiger partial charge in [0.1, 0.15) is 0 Å². The van der Waals surface area contributed by atoms with Crippen LogP contribution in [0.3, 0.4) is 0 Å². The zero-order chi connectivity index (χ0) is 9.35. The molecule has 0 spiro atoms. The Bertz CT molecular complexity index is 156. The molecule has 0 radical (unpaired) electrons. The van der Waals surface area contributed by atoms with Crippen LogP contribution in [0.4, 0.5) is 0 Å². The van der Waals surface area contributed by atoms with Crippen molar-refractivity contribution >= 4 is 9.24 Å². The van der Waals surface area contributed by atoms with Crippen LogP contribution in [-0.2, 0) is 0 Å². The fourth-order valence-electron chi connectivity index (χ4n) is 2.50. The SMILES string of the molecule is CC(CP)C1CC(CO)C1(C)C. The van der Waals surface area contributed by atoms with E-state index in [0.29, 0.717) is 17.9 Å². The van der Waals surface area contributed by atoms with Crippen LogP contribution in [0.2, 0.25) is 0 Å². The first-order valence-corrected chi connectivity index (χ1v) is 5.66. The Morgan fingerprint density at radius 3 is 2.50 bits per heavy atom. The minimum absolute atomic E-state index is 0.366. The number of hydrogen-bond acceptors (Lipinski definition) is 1. The highest BCUT2D eigenvalue weighted by Gasteiger charge is 2.48. The average molecular weight is 188 g/mol. The van der Waals surface area contributed by atoms with Gasteiger partial charge in [-0.1, -0.05) is 20.8 Å². The molecule has 12 heavy (non-hydrogen) atoms. The van der Waals surface area contributed by atoms with E-state index in [1.54, 1.807) is 0 Å². The van der Waals surface area contributed by atoms with E-state index in [-0.39, 0.29) is 0 Å². The van der Waals surface area contributed by atoms with Crippen molar-refractivity contribution in [3.8, 4) is 0 Å². The molecule has 1 aliphatic carbocycles. The minimum Gasteiger partial charge on any atom is -0.396 e. The van der Waals surface area contributed by atoms with Crippen molar-refractivity contribution in [1.82, 2.24) is 0 Å². The lowest BCUT2D eigenvalue weighted by atomic mass is 9.52. The summed E-state index contributed by atoms with van der Waals surface area (Å²) in [5.41, 5.74) is 0.366. The van der Waals surface area contributed by atoms with Crippen LogP contribution in [0.25, 0.3) is 0 Å². The molecule has 0 bridgehead atoms. The van der Waals surface area contributed by atoms with Gasteiger partial charge in [0.25, 0.3) is 0 Å². The number of rotatable bonds is 3. The zero-order valence-electron chi connectivity index (χ0n) is 8.38. The van der Waals surface area contributed by atoms with Crippen LogP contribution < -0.4 is 0 Å². The van der Waals surface area contributed by atoms with Gasteiger partial charge in [0.2, 0.25) is 0 Å². The number of aliphatic hydroxyl groups excluding tert-OH is 1. The average Bonchev–Trinajstić information content (AvgIpc) is 2.03. The van der Waals surface area contributed by atoms with Gasteiger partial charge in [-0.3, -0.25) is 0 Å². The van der Waals surface area contributed by atoms with Gasteiger partial charge in [0.05, 0.1) is 0 Å². The molecular weight excluding hydrogens is 167 g/mol. The molecule has 72 valence electrons. The Balaban J connectivity index is 2.52. The lowest BCUT2D eigenvalue weighted by Gasteiger charge is -2.54. The Morgan fingerprint density at radius 2 is 2.17 bits per heavy atom. The maximum absolute atomic E-state index is 9.09. The van der Waals surface area contributed by atoms with E-state index in [1.165, 1.54) is 12.6 Å². The van der Waals surface area contributed by atoms with Crippen LogP contribution in [0.15, 0.2) is 0 Å². The molecule has 1 N–H and O–H groups in total. The largest absolute Gasteiger partial charge is 0.396 e. The van der Waals surface area contributed by atoms with Crippen LogP contribution in [-0.4, -0.2) is 17.9 Å². The molecule has 0 aliphatic heterocycles. The molecule has 0 saturated heterocycles. The molecule has 1 nitrogen and oxygen atoms in total. The quantitative estimate of drug-likeness (QED) is 0.673. The van der Waals surface area contributed by atoms with Crippen LogP contribution in [0, 0.1) is 23.2 Å². The third-order valence-electron chi connectivity index (χ3n) is 3.83. The lowest BCUT2D eigenvalue weighted by Crippen LogP contribution is -2.49. The van der Waals surface area contributed by atoms with Gasteiger partial charge in [-0.15, -0.1) is 9.24 Å². The first-order valence-electron chi connectivity index (χ1n) is 4.85. The molecule has 1 aliphatic rings. The van der Waals surface area contributed by atoms with E-state index in [0.717, 1.165) is 11.8 Å². The highest BCUT2D eigenvalue weighted by Crippen LogP contribution is 2.54. The lowest BCUT2D eigenvalue weighted by molar-refractivity contribution is -0.0734. The van der Waals surface area contributed by atoms with Crippen molar-refractivity contribution in [1.29, 1.82) is 0 Å². The Labute approximate surface area is 78.1 Å². The Morgan fingerprint density at radius 1 is 1.58 bits per heavy atom. The van der Waals surface area contributed by atoms with Gasteiger partial charge in [0.15, 0.2) is 0 Å². The summed E-state index contributed by atoms with van der Waals surface area (Å²) >= 11 is 0. The van der Waals surface area contributed by atoms with Crippen LogP contribution in [0.5, 0.6) is 0 Å². The summed E-state index contributed by atoms with van der Waals surface area (Å²) in [7, 11) is 2.82. The van der Waals surface area contributed by atoms with Gasteiger partial charge in [-0.25, -0.2) is 0 Å². The molecule has 1 saturated carbocycles. The smallest absolute Gasteiger partial charge is 0.0464 e. The van der Waals surface area contributed by atoms with Gasteiger partial charge >= 0.3 is 0 Å². The second-order valence-corrected chi connectivity index (χ2v) is 5.23. The predicted octanol–water partition coefficient (Wildman–Crippen LogP) is 2.15. The molecule has 0 aromatic heterocycles. The van der Waals surface area contributed by atoms with Crippen molar-refractivity contribution < 1.29 is 5.11 Å². The summed E-state index contributed by atoms with van der Waals surface area (Å²) < 4.78 is 0. The Kier molecular flexibility index (Phi) is 3.17. The molecule has 4 unspecified atom stereocenters. The highest BCUT2D eigenvalue weighted by atomic mass is 31.0. The summed E-state index contributed by atoms with van der Waals surface area (Å²) in [4.78, 5) is 0. The van der Waals surface area contributed by atoms with Crippen LogP contribution >= 0.6 is 9.24 Å². The summed E-state index contributed by atoms with van der Waals surface area (Å²) in [6, 6.07) is 0. The van der Waals surface area contributed by atoms with E-state index in [1.807, 2.05) is 0 Å². The molecule has 2 heteroatoms. The first-order chi connectivity index (χ1) is 5.54. The van der Waals surface area contributed by atoms with E-state index in [4.69, 9.17) is 5.11 Å². The molecule has 1 fully saturated rings. The number of hydrogen-bond donors (Lipinski definition) is 1. The van der Waals surface area contributed by atoms with Gasteiger partial charge < -0.3 is 5.11 Å². The molecule has 0 heterocycles. The summed E-state index contributed by atoms with van der Waals surface area (Å²) in [6.07, 6.45) is 2.41. The van der Waals surface area contributed by atoms with E-state index < -0.39 is 0 Å². The topological polar surface area (TPSA) is 20.2 Å². The summed E-state index contributed by atoms with van der Waals surface area (Å²) in [5, 5.41) is 9.09. The zero-order valence-corrected chi connectivity index (χ0v) is 9.53. The standard InChI is InChI=1S/C10H21OP/c1-7(6-12)9-4-8(5-11)10(9,2)3/h7-9,11H,4-6,12H2,1-3H3. The predicted molar refractivity (Wildman–Crippen MR) is 56.2 cm³/mol. The highest BCUT2D eigenvalue weighted by molar-refractivity contribution is 7.16. The molecular formula is C10H21OP. The molecule has 0 aromatic rings. The maximum atomic E-state index is 9.09. The van der Waals surface area contributed by atoms with Crippen molar-refractivity contribution in [3.05, 3.63) is 0 Å². The minimum atomic E-state index is 0.366. The molecule has 1 rings (SSSR count). The molecule has 0 amide bonds. The normalized spacial score (nSPS) is 35.8. The third kappa shape index (κ3) is 1.54. The van der Waals surface area contributed by atoms with E-state index in [9.17, 15) is 0 Å². The van der Waals surface area contributed by atoms with E-state index >= 15 is 0 Å². The number of aliphatic hydroxyl groups is 1. The van der Waals surface area contributed by atoms with Gasteiger partial charge in [-0.2, -0.15) is 0 Å². The summed E-state index contributed by atoms with van der Waals surface area (Å²) in [5.74, 6) is 2.14. The second-order valence-electron chi connectivity index (χ2n) is 4.76. The van der Waals surface area contributed by atoms with Crippen molar-refractivity contribution in [2.75, 3.05) is 12.8 Å². The maximum Gasteiger partial charge on any atom is 0.0464 e. The van der Waals surface area contributed by atoms with Crippen LogP contribution in [0.1, 0.15) is 27.2 Å². The van der Waals surface area contributed by atoms with Crippen molar-refractivity contribution in [2.24, 2.45) is 23.2 Å². The fraction of sp³-hybridized carbons (Fsp3) is 1.00. The first kappa shape index (κ1) is 10.5. The van der Waals surface area contributed by atoms with E-state index in [2.05, 4.69) is 30.0 Å². The third-order valence-corrected chi connectivity index (χ3v) is 4.57. The Hall–Kier alpha value is 0.390. The van der Waals surface area contributed by atoms with Crippen molar-refractivity contribution in [3.63, 3.8) is 0 Å². The monoisotopic (exact) mass is 188 g/mol. The summed E-state index contributed by atoms with van der Waals surface area (Å²) in [6.45, 7) is 7.26. The molecule has 0 aromatic carbocycles.